The summed E-state index contributed by atoms with van der Waals surface area (Å²) in [6.07, 6.45) is 22.5. The number of rotatable bonds is 3. The van der Waals surface area contributed by atoms with E-state index in [9.17, 15) is 0 Å². The highest BCUT2D eigenvalue weighted by Crippen LogP contribution is 2.28. The van der Waals surface area contributed by atoms with Crippen LogP contribution in [0.25, 0.3) is 6.08 Å². The molecule has 2 aliphatic heterocycles. The molecule has 0 saturated carbocycles. The fraction of sp³-hybridized carbons (Fsp3) is 0.393. The Balaban J connectivity index is 1.23. The van der Waals surface area contributed by atoms with E-state index in [1.54, 1.807) is 0 Å². The monoisotopic (exact) mass is 413 g/mol. The van der Waals surface area contributed by atoms with E-state index < -0.39 is 0 Å². The van der Waals surface area contributed by atoms with E-state index in [2.05, 4.69) is 76.3 Å². The molecular formula is C28H33N2O+. The van der Waals surface area contributed by atoms with E-state index in [1.165, 1.54) is 66.0 Å². The molecule has 2 fully saturated rings. The van der Waals surface area contributed by atoms with Gasteiger partial charge in [0.1, 0.15) is 13.1 Å². The molecule has 0 aromatic heterocycles. The number of piperidine rings is 1. The zero-order valence-electron chi connectivity index (χ0n) is 18.4. The van der Waals surface area contributed by atoms with E-state index in [0.29, 0.717) is 0 Å². The Bertz CT molecular complexity index is 956. The maximum Gasteiger partial charge on any atom is 0.199 e. The summed E-state index contributed by atoms with van der Waals surface area (Å²) >= 11 is 0. The minimum atomic E-state index is 0.830. The van der Waals surface area contributed by atoms with Crippen LogP contribution in [0.2, 0.25) is 0 Å². The zero-order valence-corrected chi connectivity index (χ0v) is 18.4. The van der Waals surface area contributed by atoms with E-state index >= 15 is 0 Å². The van der Waals surface area contributed by atoms with Crippen LogP contribution in [0, 0.1) is 0 Å². The number of anilines is 1. The van der Waals surface area contributed by atoms with Crippen LogP contribution in [-0.4, -0.2) is 49.7 Å². The molecule has 0 N–H and O–H groups in total. The first kappa shape index (κ1) is 20.3. The number of morpholine rings is 1. The van der Waals surface area contributed by atoms with Crippen molar-refractivity contribution in [1.82, 2.24) is 0 Å². The van der Waals surface area contributed by atoms with Gasteiger partial charge in [-0.05, 0) is 65.8 Å². The smallest absolute Gasteiger partial charge is 0.199 e. The number of hydrogen-bond donors (Lipinski definition) is 0. The molecule has 160 valence electrons. The molecule has 3 nitrogen and oxygen atoms in total. The lowest BCUT2D eigenvalue weighted by Gasteiger charge is -2.28. The van der Waals surface area contributed by atoms with Crippen molar-refractivity contribution >= 4 is 17.5 Å². The number of nitrogens with zero attached hydrogens (tertiary/aromatic N) is 2. The lowest BCUT2D eigenvalue weighted by atomic mass is 10.0. The molecule has 3 heteroatoms. The topological polar surface area (TPSA) is 15.5 Å². The van der Waals surface area contributed by atoms with Crippen LogP contribution in [-0.2, 0) is 4.74 Å². The van der Waals surface area contributed by atoms with Crippen LogP contribution in [0.15, 0.2) is 77.4 Å². The third-order valence-electron chi connectivity index (χ3n) is 6.66. The summed E-state index contributed by atoms with van der Waals surface area (Å²) in [5, 5.41) is 0. The van der Waals surface area contributed by atoms with Gasteiger partial charge in [0, 0.05) is 43.8 Å². The van der Waals surface area contributed by atoms with Gasteiger partial charge in [0.2, 0.25) is 0 Å². The van der Waals surface area contributed by atoms with Gasteiger partial charge in [0.15, 0.2) is 5.71 Å². The van der Waals surface area contributed by atoms with Gasteiger partial charge >= 0.3 is 0 Å². The average Bonchev–Trinajstić information content (AvgIpc) is 3.28. The summed E-state index contributed by atoms with van der Waals surface area (Å²) in [4.78, 5) is 2.40. The first-order valence-corrected chi connectivity index (χ1v) is 11.9. The molecule has 4 aliphatic rings. The van der Waals surface area contributed by atoms with Crippen molar-refractivity contribution in [3.05, 3.63) is 83.0 Å². The summed E-state index contributed by atoms with van der Waals surface area (Å²) in [5.41, 5.74) is 8.13. The van der Waals surface area contributed by atoms with Gasteiger partial charge in [-0.3, -0.25) is 0 Å². The third kappa shape index (κ3) is 5.16. The van der Waals surface area contributed by atoms with Crippen molar-refractivity contribution in [1.29, 1.82) is 0 Å². The second kappa shape index (κ2) is 9.65. The Morgan fingerprint density at radius 2 is 1.55 bits per heavy atom. The fourth-order valence-corrected chi connectivity index (χ4v) is 4.86. The Kier molecular flexibility index (Phi) is 6.31. The molecule has 1 aromatic carbocycles. The van der Waals surface area contributed by atoms with Gasteiger partial charge in [-0.15, -0.1) is 0 Å². The molecular weight excluding hydrogens is 380 g/mol. The van der Waals surface area contributed by atoms with E-state index in [-0.39, 0.29) is 0 Å². The van der Waals surface area contributed by atoms with Crippen LogP contribution in [0.5, 0.6) is 0 Å². The fourth-order valence-electron chi connectivity index (χ4n) is 4.86. The highest BCUT2D eigenvalue weighted by molar-refractivity contribution is 6.02. The molecule has 0 amide bonds. The van der Waals surface area contributed by atoms with Crippen LogP contribution in [0.1, 0.15) is 37.7 Å². The molecule has 0 unspecified atom stereocenters. The van der Waals surface area contributed by atoms with Crippen LogP contribution < -0.4 is 4.90 Å². The lowest BCUT2D eigenvalue weighted by molar-refractivity contribution is -0.535. The summed E-state index contributed by atoms with van der Waals surface area (Å²) in [7, 11) is 0. The van der Waals surface area contributed by atoms with Gasteiger partial charge in [0.05, 0.1) is 13.2 Å². The highest BCUT2D eigenvalue weighted by atomic mass is 16.5. The predicted molar refractivity (Wildman–Crippen MR) is 130 cm³/mol. The molecule has 0 atom stereocenters. The average molecular weight is 414 g/mol. The molecule has 2 heterocycles. The van der Waals surface area contributed by atoms with Crippen molar-refractivity contribution in [2.45, 2.75) is 32.1 Å². The summed E-state index contributed by atoms with van der Waals surface area (Å²) < 4.78 is 7.98. The van der Waals surface area contributed by atoms with E-state index in [0.717, 1.165) is 39.1 Å². The first-order valence-electron chi connectivity index (χ1n) is 11.9. The van der Waals surface area contributed by atoms with Gasteiger partial charge < -0.3 is 9.64 Å². The lowest BCUT2D eigenvalue weighted by Crippen LogP contribution is -2.36. The van der Waals surface area contributed by atoms with Gasteiger partial charge in [-0.2, -0.15) is 0 Å². The molecule has 2 aliphatic carbocycles. The van der Waals surface area contributed by atoms with Gasteiger partial charge in [-0.25, -0.2) is 4.58 Å². The maximum atomic E-state index is 5.46. The summed E-state index contributed by atoms with van der Waals surface area (Å²) in [6, 6.07) is 8.97. The second-order valence-electron chi connectivity index (χ2n) is 8.91. The molecule has 31 heavy (non-hydrogen) atoms. The minimum absolute atomic E-state index is 0.830. The minimum Gasteiger partial charge on any atom is -0.378 e. The number of allylic oxidation sites excluding steroid dienone is 9. The van der Waals surface area contributed by atoms with E-state index in [4.69, 9.17) is 4.74 Å². The second-order valence-corrected chi connectivity index (χ2v) is 8.91. The number of ether oxygens (including phenoxy) is 1. The quantitative estimate of drug-likeness (QED) is 0.624. The zero-order chi connectivity index (χ0) is 20.9. The van der Waals surface area contributed by atoms with Gasteiger partial charge in [0.25, 0.3) is 0 Å². The van der Waals surface area contributed by atoms with Crippen LogP contribution in [0.3, 0.4) is 0 Å². The molecule has 0 spiro atoms. The molecule has 2 saturated heterocycles. The number of benzene rings is 1. The van der Waals surface area contributed by atoms with Crippen molar-refractivity contribution < 1.29 is 9.31 Å². The largest absolute Gasteiger partial charge is 0.378 e. The van der Waals surface area contributed by atoms with E-state index in [1.807, 2.05) is 0 Å². The Hall–Kier alpha value is -2.65. The Labute approximate surface area is 186 Å². The highest BCUT2D eigenvalue weighted by Gasteiger charge is 2.16. The first-order chi connectivity index (χ1) is 15.3. The third-order valence-corrected chi connectivity index (χ3v) is 6.66. The molecule has 1 aromatic rings. The SMILES string of the molecule is C1=CC(=[N+]2CCCCC2)C=CC1=CC1=C/C(=C/c2ccc(N3CCOCC3)cc2)CC1. The number of hydrogen-bond acceptors (Lipinski definition) is 2. The Morgan fingerprint density at radius 3 is 2.29 bits per heavy atom. The molecule has 0 bridgehead atoms. The van der Waals surface area contributed by atoms with Crippen molar-refractivity contribution in [3.63, 3.8) is 0 Å². The van der Waals surface area contributed by atoms with Gasteiger partial charge in [-0.1, -0.05) is 30.4 Å². The van der Waals surface area contributed by atoms with Crippen molar-refractivity contribution in [3.8, 4) is 0 Å². The summed E-state index contributed by atoms with van der Waals surface area (Å²) in [5.74, 6) is 0. The van der Waals surface area contributed by atoms with Crippen LogP contribution >= 0.6 is 0 Å². The normalized spacial score (nSPS) is 23.0. The molecule has 0 radical (unpaired) electrons. The molecule has 5 rings (SSSR count). The van der Waals surface area contributed by atoms with Crippen molar-refractivity contribution in [2.75, 3.05) is 44.3 Å². The standard InChI is InChI=1S/C28H33N2O/c1-2-14-29(15-3-1)27-10-6-23(7-11-27)20-25-4-5-26(22-25)21-24-8-12-28(13-9-24)30-16-18-31-19-17-30/h6-13,20-22H,1-5,14-19H2/q+1. The van der Waals surface area contributed by atoms with Crippen molar-refractivity contribution in [2.24, 2.45) is 0 Å². The maximum absolute atomic E-state index is 5.46. The predicted octanol–water partition coefficient (Wildman–Crippen LogP) is 5.32. The Morgan fingerprint density at radius 1 is 0.806 bits per heavy atom. The summed E-state index contributed by atoms with van der Waals surface area (Å²) in [6.45, 7) is 6.04. The van der Waals surface area contributed by atoms with Crippen LogP contribution in [0.4, 0.5) is 5.69 Å².